The third-order valence-corrected chi connectivity index (χ3v) is 6.75. The number of ether oxygens (including phenoxy) is 1. The van der Waals surface area contributed by atoms with Crippen molar-refractivity contribution in [3.63, 3.8) is 0 Å². The molecule has 0 fully saturated rings. The lowest BCUT2D eigenvalue weighted by Crippen LogP contribution is -2.33. The molecule has 0 bridgehead atoms. The van der Waals surface area contributed by atoms with Crippen molar-refractivity contribution in [2.24, 2.45) is 0 Å². The van der Waals surface area contributed by atoms with Crippen molar-refractivity contribution in [1.82, 2.24) is 0 Å². The Morgan fingerprint density at radius 1 is 0.679 bits per heavy atom. The van der Waals surface area contributed by atoms with E-state index in [1.54, 1.807) is 0 Å². The van der Waals surface area contributed by atoms with Crippen LogP contribution in [0, 0.1) is 27.7 Å². The highest BCUT2D eigenvalue weighted by Crippen LogP contribution is 2.50. The van der Waals surface area contributed by atoms with Gasteiger partial charge in [-0.05, 0) is 105 Å². The van der Waals surface area contributed by atoms with Crippen molar-refractivity contribution in [2.45, 2.75) is 74.8 Å². The summed E-state index contributed by atoms with van der Waals surface area (Å²) in [4.78, 5) is 0. The molecule has 1 aliphatic rings. The highest BCUT2D eigenvalue weighted by atomic mass is 16.5. The fourth-order valence-corrected chi connectivity index (χ4v) is 4.61. The molecular weight excluding hydrogens is 340 g/mol. The standard InChI is InChI=1S/C25H28O.C2H6/c1-13-14(2)23-22(20-12-10-9-11-19(13)20)16(4)15(3)21-17(5)18(6)25(7,8)26-24(21)23;1-2/h9-12H,1-8H3;1-2H3. The van der Waals surface area contributed by atoms with Crippen molar-refractivity contribution in [3.8, 4) is 5.75 Å². The number of aryl methyl sites for hydroxylation is 3. The molecule has 0 radical (unpaired) electrons. The fourth-order valence-electron chi connectivity index (χ4n) is 4.61. The normalized spacial score (nSPS) is 15.2. The first-order valence-corrected chi connectivity index (χ1v) is 10.5. The third kappa shape index (κ3) is 2.67. The van der Waals surface area contributed by atoms with Crippen molar-refractivity contribution in [1.29, 1.82) is 0 Å². The number of fused-ring (bicyclic) bond motifs is 5. The summed E-state index contributed by atoms with van der Waals surface area (Å²) in [5.41, 5.74) is 9.10. The van der Waals surface area contributed by atoms with Crippen LogP contribution in [0.4, 0.5) is 0 Å². The zero-order chi connectivity index (χ0) is 21.0. The Balaban J connectivity index is 0.00000109. The van der Waals surface area contributed by atoms with E-state index >= 15 is 0 Å². The van der Waals surface area contributed by atoms with E-state index in [-0.39, 0.29) is 5.60 Å². The van der Waals surface area contributed by atoms with E-state index in [0.717, 1.165) is 5.75 Å². The van der Waals surface area contributed by atoms with Gasteiger partial charge in [0.05, 0.1) is 0 Å². The fraction of sp³-hybridized carbons (Fsp3) is 0.407. The number of allylic oxidation sites excluding steroid dienone is 1. The number of rotatable bonds is 0. The minimum absolute atomic E-state index is 0.280. The van der Waals surface area contributed by atoms with E-state index in [1.165, 1.54) is 60.5 Å². The summed E-state index contributed by atoms with van der Waals surface area (Å²) in [6, 6.07) is 8.78. The van der Waals surface area contributed by atoms with Gasteiger partial charge in [-0.2, -0.15) is 0 Å². The van der Waals surface area contributed by atoms with Gasteiger partial charge in [-0.15, -0.1) is 0 Å². The molecule has 0 atom stereocenters. The van der Waals surface area contributed by atoms with E-state index < -0.39 is 0 Å². The summed E-state index contributed by atoms with van der Waals surface area (Å²) in [5.74, 6) is 1.07. The Kier molecular flexibility index (Phi) is 5.08. The summed E-state index contributed by atoms with van der Waals surface area (Å²) in [6.07, 6.45) is 0. The molecule has 0 unspecified atom stereocenters. The first kappa shape index (κ1) is 20.5. The van der Waals surface area contributed by atoms with Crippen LogP contribution in [0.2, 0.25) is 0 Å². The SMILES string of the molecule is CC.CC1=C(C)C(C)(C)Oc2c1c(C)c(C)c1c2c(C)c(C)c2ccccc21. The minimum Gasteiger partial charge on any atom is -0.482 e. The third-order valence-electron chi connectivity index (χ3n) is 6.75. The van der Waals surface area contributed by atoms with E-state index in [9.17, 15) is 0 Å². The smallest absolute Gasteiger partial charge is 0.136 e. The Morgan fingerprint density at radius 3 is 1.82 bits per heavy atom. The molecule has 0 aromatic heterocycles. The van der Waals surface area contributed by atoms with Crippen molar-refractivity contribution in [2.75, 3.05) is 0 Å². The van der Waals surface area contributed by atoms with Gasteiger partial charge in [0.15, 0.2) is 0 Å². The van der Waals surface area contributed by atoms with Gasteiger partial charge in [0.2, 0.25) is 0 Å². The molecule has 148 valence electrons. The molecule has 3 aromatic carbocycles. The molecule has 1 heteroatoms. The quantitative estimate of drug-likeness (QED) is 0.360. The average molecular weight is 375 g/mol. The van der Waals surface area contributed by atoms with E-state index in [2.05, 4.69) is 79.7 Å². The van der Waals surface area contributed by atoms with Crippen LogP contribution < -0.4 is 4.74 Å². The Labute approximate surface area is 170 Å². The Hall–Kier alpha value is -2.28. The highest BCUT2D eigenvalue weighted by Gasteiger charge is 2.34. The molecule has 0 saturated carbocycles. The van der Waals surface area contributed by atoms with Gasteiger partial charge < -0.3 is 4.74 Å². The number of hydrogen-bond acceptors (Lipinski definition) is 1. The van der Waals surface area contributed by atoms with Crippen molar-refractivity contribution in [3.05, 3.63) is 57.7 Å². The number of hydrogen-bond donors (Lipinski definition) is 0. The number of benzene rings is 3. The summed E-state index contributed by atoms with van der Waals surface area (Å²) >= 11 is 0. The molecule has 1 nitrogen and oxygen atoms in total. The van der Waals surface area contributed by atoms with Gasteiger partial charge in [0, 0.05) is 10.9 Å². The van der Waals surface area contributed by atoms with Gasteiger partial charge in [0.25, 0.3) is 0 Å². The van der Waals surface area contributed by atoms with Crippen LogP contribution in [-0.4, -0.2) is 5.60 Å². The van der Waals surface area contributed by atoms with E-state index in [0.29, 0.717) is 0 Å². The van der Waals surface area contributed by atoms with Gasteiger partial charge in [0.1, 0.15) is 11.4 Å². The predicted molar refractivity (Wildman–Crippen MR) is 125 cm³/mol. The molecule has 0 saturated heterocycles. The highest BCUT2D eigenvalue weighted by molar-refractivity contribution is 6.16. The van der Waals surface area contributed by atoms with Gasteiger partial charge in [-0.25, -0.2) is 0 Å². The lowest BCUT2D eigenvalue weighted by molar-refractivity contribution is 0.146. The first-order valence-electron chi connectivity index (χ1n) is 10.5. The van der Waals surface area contributed by atoms with Gasteiger partial charge in [-0.1, -0.05) is 38.1 Å². The molecule has 3 aromatic rings. The van der Waals surface area contributed by atoms with E-state index in [4.69, 9.17) is 4.74 Å². The van der Waals surface area contributed by atoms with Crippen LogP contribution in [0.5, 0.6) is 5.75 Å². The second-order valence-electron chi connectivity index (χ2n) is 8.36. The first-order chi connectivity index (χ1) is 13.2. The lowest BCUT2D eigenvalue weighted by Gasteiger charge is -2.37. The van der Waals surface area contributed by atoms with Gasteiger partial charge in [-0.3, -0.25) is 0 Å². The van der Waals surface area contributed by atoms with Crippen LogP contribution in [0.1, 0.15) is 69.4 Å². The molecule has 1 aliphatic heterocycles. The molecule has 28 heavy (non-hydrogen) atoms. The van der Waals surface area contributed by atoms with Crippen molar-refractivity contribution >= 4 is 27.1 Å². The topological polar surface area (TPSA) is 9.23 Å². The van der Waals surface area contributed by atoms with Gasteiger partial charge >= 0.3 is 0 Å². The van der Waals surface area contributed by atoms with Crippen LogP contribution in [0.15, 0.2) is 29.8 Å². The second kappa shape index (κ2) is 6.95. The molecule has 0 aliphatic carbocycles. The average Bonchev–Trinajstić information content (AvgIpc) is 2.68. The summed E-state index contributed by atoms with van der Waals surface area (Å²) in [5, 5.41) is 5.32. The monoisotopic (exact) mass is 374 g/mol. The molecule has 1 heterocycles. The van der Waals surface area contributed by atoms with Crippen LogP contribution >= 0.6 is 0 Å². The molecule has 0 amide bonds. The largest absolute Gasteiger partial charge is 0.482 e. The van der Waals surface area contributed by atoms with Crippen LogP contribution in [-0.2, 0) is 0 Å². The van der Waals surface area contributed by atoms with E-state index in [1.807, 2.05) is 13.8 Å². The minimum atomic E-state index is -0.280. The van der Waals surface area contributed by atoms with Crippen LogP contribution in [0.25, 0.3) is 27.1 Å². The molecule has 0 spiro atoms. The summed E-state index contributed by atoms with van der Waals surface area (Å²) in [7, 11) is 0. The second-order valence-corrected chi connectivity index (χ2v) is 8.36. The maximum absolute atomic E-state index is 6.68. The summed E-state index contributed by atoms with van der Waals surface area (Å²) < 4.78 is 6.68. The molecule has 4 rings (SSSR count). The van der Waals surface area contributed by atoms with Crippen molar-refractivity contribution < 1.29 is 4.74 Å². The lowest BCUT2D eigenvalue weighted by atomic mass is 9.80. The maximum Gasteiger partial charge on any atom is 0.136 e. The van der Waals surface area contributed by atoms with Crippen LogP contribution in [0.3, 0.4) is 0 Å². The molecular formula is C27H34O. The Bertz CT molecular complexity index is 1130. The zero-order valence-electron chi connectivity index (χ0n) is 19.2. The Morgan fingerprint density at radius 2 is 1.21 bits per heavy atom. The molecule has 0 N–H and O–H groups in total. The zero-order valence-corrected chi connectivity index (χ0v) is 19.2. The predicted octanol–water partition coefficient (Wildman–Crippen LogP) is 8.22. The maximum atomic E-state index is 6.68. The summed E-state index contributed by atoms with van der Waals surface area (Å²) in [6.45, 7) is 21.8.